The Kier molecular flexibility index (Phi) is 4.71. The lowest BCUT2D eigenvalue weighted by molar-refractivity contribution is -0.304. The summed E-state index contributed by atoms with van der Waals surface area (Å²) in [5.41, 5.74) is 0. The van der Waals surface area contributed by atoms with Crippen molar-refractivity contribution in [2.24, 2.45) is 7.05 Å². The molecule has 0 aliphatic carbocycles. The number of carbonyl (C=O) groups is 1. The molecule has 0 aliphatic rings. The van der Waals surface area contributed by atoms with E-state index in [4.69, 9.17) is 4.74 Å². The average Bonchev–Trinajstić information content (AvgIpc) is 2.93. The number of carboxylic acid groups (broad SMARTS) is 1. The molecule has 3 aromatic rings. The predicted octanol–water partition coefficient (Wildman–Crippen LogP) is 1.78. The third-order valence-electron chi connectivity index (χ3n) is 3.63. The van der Waals surface area contributed by atoms with Crippen molar-refractivity contribution < 1.29 is 14.6 Å². The van der Waals surface area contributed by atoms with Gasteiger partial charge in [-0.25, -0.2) is 0 Å². The Balaban J connectivity index is 1.69. The van der Waals surface area contributed by atoms with Crippen LogP contribution in [0.5, 0.6) is 5.75 Å². The summed E-state index contributed by atoms with van der Waals surface area (Å²) < 4.78 is 7.51. The average molecular weight is 342 g/mol. The molecular weight excluding hydrogens is 326 g/mol. The number of nitrogens with zero attached hydrogens (tertiary/aromatic N) is 3. The van der Waals surface area contributed by atoms with E-state index >= 15 is 0 Å². The van der Waals surface area contributed by atoms with Gasteiger partial charge in [0.2, 0.25) is 0 Å². The molecule has 2 aromatic carbocycles. The van der Waals surface area contributed by atoms with Gasteiger partial charge in [-0.15, -0.1) is 10.2 Å². The number of fused-ring (bicyclic) bond motifs is 1. The molecule has 1 heterocycles. The van der Waals surface area contributed by atoms with Crippen molar-refractivity contribution in [3.63, 3.8) is 0 Å². The first-order valence-electron chi connectivity index (χ1n) is 7.42. The SMILES string of the molecule is C[C@@H](Sc1nnc(COc2ccc3ccccc3c2)n1C)C(=O)[O-]. The van der Waals surface area contributed by atoms with E-state index in [0.29, 0.717) is 11.0 Å². The Bertz CT molecular complexity index is 878. The van der Waals surface area contributed by atoms with Gasteiger partial charge in [0.1, 0.15) is 12.4 Å². The molecule has 0 saturated heterocycles. The molecule has 1 aromatic heterocycles. The molecule has 0 N–H and O–H groups in total. The van der Waals surface area contributed by atoms with Crippen LogP contribution in [0.15, 0.2) is 47.6 Å². The summed E-state index contributed by atoms with van der Waals surface area (Å²) >= 11 is 1.09. The highest BCUT2D eigenvalue weighted by molar-refractivity contribution is 8.00. The van der Waals surface area contributed by atoms with Crippen LogP contribution in [-0.2, 0) is 18.4 Å². The summed E-state index contributed by atoms with van der Waals surface area (Å²) in [6, 6.07) is 13.9. The topological polar surface area (TPSA) is 80.1 Å². The quantitative estimate of drug-likeness (QED) is 0.635. The molecule has 0 amide bonds. The maximum absolute atomic E-state index is 10.8. The van der Waals surface area contributed by atoms with Crippen molar-refractivity contribution in [1.29, 1.82) is 0 Å². The van der Waals surface area contributed by atoms with E-state index in [1.54, 1.807) is 18.5 Å². The van der Waals surface area contributed by atoms with Gasteiger partial charge in [0.15, 0.2) is 11.0 Å². The Hall–Kier alpha value is -2.54. The first-order chi connectivity index (χ1) is 11.5. The van der Waals surface area contributed by atoms with E-state index < -0.39 is 11.2 Å². The zero-order chi connectivity index (χ0) is 17.1. The highest BCUT2D eigenvalue weighted by Crippen LogP contribution is 2.23. The van der Waals surface area contributed by atoms with Gasteiger partial charge in [-0.3, -0.25) is 0 Å². The first kappa shape index (κ1) is 16.3. The molecule has 6 nitrogen and oxygen atoms in total. The van der Waals surface area contributed by atoms with Gasteiger partial charge >= 0.3 is 0 Å². The van der Waals surface area contributed by atoms with E-state index in [-0.39, 0.29) is 6.61 Å². The molecule has 3 rings (SSSR count). The van der Waals surface area contributed by atoms with Gasteiger partial charge in [-0.1, -0.05) is 42.1 Å². The number of hydrogen-bond donors (Lipinski definition) is 0. The number of hydrogen-bond acceptors (Lipinski definition) is 6. The fraction of sp³-hybridized carbons (Fsp3) is 0.235. The molecule has 7 heteroatoms. The van der Waals surface area contributed by atoms with Crippen LogP contribution in [0.3, 0.4) is 0 Å². The van der Waals surface area contributed by atoms with Crippen LogP contribution < -0.4 is 9.84 Å². The second-order valence-corrected chi connectivity index (χ2v) is 6.64. The van der Waals surface area contributed by atoms with Crippen molar-refractivity contribution in [1.82, 2.24) is 14.8 Å². The minimum absolute atomic E-state index is 0.252. The van der Waals surface area contributed by atoms with E-state index in [9.17, 15) is 9.90 Å². The lowest BCUT2D eigenvalue weighted by Gasteiger charge is -2.11. The largest absolute Gasteiger partial charge is 0.549 e. The summed E-state index contributed by atoms with van der Waals surface area (Å²) in [4.78, 5) is 10.8. The van der Waals surface area contributed by atoms with Gasteiger partial charge in [-0.2, -0.15) is 0 Å². The lowest BCUT2D eigenvalue weighted by Crippen LogP contribution is -2.31. The minimum Gasteiger partial charge on any atom is -0.549 e. The number of rotatable bonds is 6. The molecule has 0 aliphatic heterocycles. The maximum atomic E-state index is 10.8. The van der Waals surface area contributed by atoms with E-state index in [0.717, 1.165) is 28.3 Å². The van der Waals surface area contributed by atoms with Crippen LogP contribution in [0.2, 0.25) is 0 Å². The predicted molar refractivity (Wildman–Crippen MR) is 89.6 cm³/mol. The molecule has 0 saturated carbocycles. The number of aromatic nitrogens is 3. The fourth-order valence-corrected chi connectivity index (χ4v) is 2.95. The van der Waals surface area contributed by atoms with E-state index in [2.05, 4.69) is 10.2 Å². The Morgan fingerprint density at radius 3 is 2.75 bits per heavy atom. The van der Waals surface area contributed by atoms with E-state index in [1.165, 1.54) is 0 Å². The van der Waals surface area contributed by atoms with Crippen molar-refractivity contribution in [3.05, 3.63) is 48.3 Å². The van der Waals surface area contributed by atoms with Gasteiger partial charge in [0.25, 0.3) is 0 Å². The summed E-state index contributed by atoms with van der Waals surface area (Å²) in [7, 11) is 1.78. The van der Waals surface area contributed by atoms with Gasteiger partial charge in [-0.05, 0) is 29.8 Å². The first-order valence-corrected chi connectivity index (χ1v) is 8.30. The molecule has 0 radical (unpaired) electrons. The molecule has 0 spiro atoms. The van der Waals surface area contributed by atoms with Crippen molar-refractivity contribution in [2.45, 2.75) is 23.9 Å². The number of carbonyl (C=O) groups excluding carboxylic acids is 1. The molecule has 0 bridgehead atoms. The number of carboxylic acids is 1. The zero-order valence-electron chi connectivity index (χ0n) is 13.3. The summed E-state index contributed by atoms with van der Waals surface area (Å²) in [5.74, 6) is 0.238. The molecule has 24 heavy (non-hydrogen) atoms. The highest BCUT2D eigenvalue weighted by atomic mass is 32.2. The van der Waals surface area contributed by atoms with Crippen LogP contribution in [0, 0.1) is 0 Å². The normalized spacial score (nSPS) is 12.2. The number of aliphatic carboxylic acids is 1. The smallest absolute Gasteiger partial charge is 0.191 e. The number of benzene rings is 2. The number of ether oxygens (including phenoxy) is 1. The number of thioether (sulfide) groups is 1. The molecular formula is C17H16N3O3S-. The lowest BCUT2D eigenvalue weighted by atomic mass is 10.1. The van der Waals surface area contributed by atoms with Gasteiger partial charge in [0.05, 0.1) is 5.97 Å². The molecule has 0 unspecified atom stereocenters. The summed E-state index contributed by atoms with van der Waals surface area (Å²) in [6.45, 7) is 1.81. The monoisotopic (exact) mass is 342 g/mol. The Morgan fingerprint density at radius 1 is 1.25 bits per heavy atom. The van der Waals surface area contributed by atoms with Crippen LogP contribution in [0.4, 0.5) is 0 Å². The van der Waals surface area contributed by atoms with Gasteiger partial charge in [0, 0.05) is 12.3 Å². The second kappa shape index (κ2) is 6.92. The molecule has 1 atom stereocenters. The van der Waals surface area contributed by atoms with Crippen molar-refractivity contribution >= 4 is 28.5 Å². The van der Waals surface area contributed by atoms with Gasteiger partial charge < -0.3 is 19.2 Å². The summed E-state index contributed by atoms with van der Waals surface area (Å²) in [6.07, 6.45) is 0. The molecule has 0 fully saturated rings. The standard InChI is InChI=1S/C17H17N3O3S/c1-11(16(21)22)24-17-19-18-15(20(17)2)10-23-14-8-7-12-5-3-4-6-13(12)9-14/h3-9,11H,10H2,1-2H3,(H,21,22)/p-1/t11-/m1/s1. The van der Waals surface area contributed by atoms with Crippen molar-refractivity contribution in [3.8, 4) is 5.75 Å². The maximum Gasteiger partial charge on any atom is 0.191 e. The third-order valence-corrected chi connectivity index (χ3v) is 4.74. The van der Waals surface area contributed by atoms with E-state index in [1.807, 2.05) is 42.5 Å². The van der Waals surface area contributed by atoms with Crippen molar-refractivity contribution in [2.75, 3.05) is 0 Å². The minimum atomic E-state index is -1.13. The second-order valence-electron chi connectivity index (χ2n) is 5.33. The Morgan fingerprint density at radius 2 is 2.00 bits per heavy atom. The van der Waals surface area contributed by atoms with Crippen LogP contribution in [-0.4, -0.2) is 26.0 Å². The molecule has 124 valence electrons. The fourth-order valence-electron chi connectivity index (χ4n) is 2.18. The van der Waals surface area contributed by atoms with Crippen LogP contribution >= 0.6 is 11.8 Å². The highest BCUT2D eigenvalue weighted by Gasteiger charge is 2.14. The van der Waals surface area contributed by atoms with Crippen LogP contribution in [0.1, 0.15) is 12.7 Å². The Labute approximate surface area is 143 Å². The zero-order valence-corrected chi connectivity index (χ0v) is 14.1. The summed E-state index contributed by atoms with van der Waals surface area (Å²) in [5, 5.41) is 21.0. The third kappa shape index (κ3) is 3.51. The van der Waals surface area contributed by atoms with Crippen LogP contribution in [0.25, 0.3) is 10.8 Å².